The summed E-state index contributed by atoms with van der Waals surface area (Å²) in [6.45, 7) is 3.89. The van der Waals surface area contributed by atoms with E-state index in [1.165, 1.54) is 6.20 Å². The minimum Gasteiger partial charge on any atom is -0.488 e. The fraction of sp³-hybridized carbons (Fsp3) is 0.442. The molecule has 2 fully saturated rings. The van der Waals surface area contributed by atoms with Crippen LogP contribution in [0.5, 0.6) is 11.5 Å². The number of nitrogens with zero attached hydrogens (tertiary/aromatic N) is 3. The van der Waals surface area contributed by atoms with Gasteiger partial charge in [-0.1, -0.05) is 60.5 Å². The number of rotatable bonds is 18. The number of alkyl halides is 1. The Kier molecular flexibility index (Phi) is 13.8. The predicted octanol–water partition coefficient (Wildman–Crippen LogP) is 5.80. The number of primary amides is 1. The number of likely N-dealkylation sites (tertiary alicyclic amines) is 2. The molecule has 0 bridgehead atoms. The van der Waals surface area contributed by atoms with Crippen molar-refractivity contribution in [1.82, 2.24) is 14.8 Å². The van der Waals surface area contributed by atoms with Gasteiger partial charge in [-0.25, -0.2) is 0 Å². The minimum atomic E-state index is -1.22. The molecule has 3 aromatic rings. The van der Waals surface area contributed by atoms with E-state index in [9.17, 15) is 29.7 Å². The Morgan fingerprint density at radius 2 is 1.83 bits per heavy atom. The summed E-state index contributed by atoms with van der Waals surface area (Å²) in [6, 6.07) is 14.1. The van der Waals surface area contributed by atoms with Crippen molar-refractivity contribution in [2.75, 3.05) is 46.0 Å². The number of carboxylic acid groups (broad SMARTS) is 2. The molecule has 2 aliphatic heterocycles. The fourth-order valence-corrected chi connectivity index (χ4v) is 8.55. The van der Waals surface area contributed by atoms with Crippen molar-refractivity contribution in [2.45, 2.75) is 68.7 Å². The molecule has 4 atom stereocenters. The summed E-state index contributed by atoms with van der Waals surface area (Å²) in [6.07, 6.45) is 11.8. The molecule has 15 heteroatoms. The van der Waals surface area contributed by atoms with Crippen molar-refractivity contribution >= 4 is 46.6 Å². The quantitative estimate of drug-likeness (QED) is 0.0894. The van der Waals surface area contributed by atoms with Crippen LogP contribution in [0, 0.1) is 5.41 Å². The second-order valence-corrected chi connectivity index (χ2v) is 16.6. The Bertz CT molecular complexity index is 2030. The number of benzene rings is 2. The molecule has 2 aromatic carbocycles. The van der Waals surface area contributed by atoms with Gasteiger partial charge >= 0.3 is 11.9 Å². The molecule has 3 heterocycles. The third kappa shape index (κ3) is 9.51. The monoisotopic (exact) mass is 836 g/mol. The summed E-state index contributed by atoms with van der Waals surface area (Å²) in [4.78, 5) is 42.8. The molecular weight excluding hydrogens is 787 g/mol. The van der Waals surface area contributed by atoms with Crippen molar-refractivity contribution in [1.29, 1.82) is 0 Å². The second kappa shape index (κ2) is 18.6. The molecule has 0 radical (unpaired) electrons. The summed E-state index contributed by atoms with van der Waals surface area (Å²) in [7, 11) is 0. The lowest BCUT2D eigenvalue weighted by atomic mass is 9.76. The van der Waals surface area contributed by atoms with Crippen LogP contribution >= 0.6 is 23.2 Å². The molecule has 6 rings (SSSR count). The molecule has 58 heavy (non-hydrogen) atoms. The van der Waals surface area contributed by atoms with Crippen molar-refractivity contribution in [2.24, 2.45) is 11.1 Å². The van der Waals surface area contributed by atoms with Crippen molar-refractivity contribution in [3.63, 3.8) is 0 Å². The number of hydrogen-bond acceptors (Lipinski definition) is 10. The molecule has 0 spiro atoms. The zero-order chi connectivity index (χ0) is 41.5. The number of amides is 1. The maximum absolute atomic E-state index is 12.2. The van der Waals surface area contributed by atoms with Gasteiger partial charge in [-0.2, -0.15) is 0 Å². The lowest BCUT2D eigenvalue weighted by molar-refractivity contribution is -0.150. The Morgan fingerprint density at radius 3 is 2.53 bits per heavy atom. The van der Waals surface area contributed by atoms with Crippen molar-refractivity contribution < 1.29 is 43.9 Å². The number of allylic oxidation sites excluding steroid dienone is 2. The molecule has 0 saturated carbocycles. The summed E-state index contributed by atoms with van der Waals surface area (Å²) in [5, 5.41) is 29.8. The highest BCUT2D eigenvalue weighted by Crippen LogP contribution is 2.48. The van der Waals surface area contributed by atoms with Gasteiger partial charge in [0.15, 0.2) is 0 Å². The molecule has 1 amide bonds. The third-order valence-electron chi connectivity index (χ3n) is 11.5. The Hall–Kier alpha value is -4.50. The molecule has 1 aromatic heterocycles. The third-order valence-corrected chi connectivity index (χ3v) is 12.3. The highest BCUT2D eigenvalue weighted by molar-refractivity contribution is 6.32. The standard InChI is InChI=1S/C43H50Cl2N4O9/c1-41(45)33(30-9-3-2-4-10-30)11-7-13-43(41,58-18-8-15-48-17-14-42(26-48,27-50)40(54)55)28-57-37-21-36(56-25-29-19-31(38(46)51)23-47-22-29)32(20-34(37)44)24-49-16-6-5-12-35(49)39(52)53/h2-4,7,9-11,13,19-23,35,50H,5-6,8,12,14-18,24-28H2,1H3,(H2,46,51)(H,52,53)(H,54,55)/t35-,41?,42?,43?/m0/s1. The average molecular weight is 838 g/mol. The maximum atomic E-state index is 12.2. The van der Waals surface area contributed by atoms with Crippen LogP contribution < -0.4 is 15.2 Å². The van der Waals surface area contributed by atoms with Gasteiger partial charge in [-0.05, 0) is 75.0 Å². The zero-order valence-electron chi connectivity index (χ0n) is 32.4. The number of aromatic nitrogens is 1. The van der Waals surface area contributed by atoms with Crippen molar-refractivity contribution in [3.05, 3.63) is 106 Å². The van der Waals surface area contributed by atoms with E-state index in [1.54, 1.807) is 24.4 Å². The normalized spacial score (nSPS) is 25.0. The number of piperidine rings is 1. The fourth-order valence-electron chi connectivity index (χ4n) is 7.97. The number of ether oxygens (including phenoxy) is 3. The zero-order valence-corrected chi connectivity index (χ0v) is 34.0. The van der Waals surface area contributed by atoms with Crippen LogP contribution in [0.4, 0.5) is 0 Å². The molecule has 13 nitrogen and oxygen atoms in total. The number of nitrogens with two attached hydrogens (primary N) is 1. The van der Waals surface area contributed by atoms with E-state index in [2.05, 4.69) is 4.98 Å². The van der Waals surface area contributed by atoms with Crippen LogP contribution in [0.3, 0.4) is 0 Å². The number of aliphatic carboxylic acids is 2. The van der Waals surface area contributed by atoms with Crippen LogP contribution in [0.1, 0.15) is 66.1 Å². The topological polar surface area (TPSA) is 185 Å². The van der Waals surface area contributed by atoms with E-state index >= 15 is 0 Å². The number of aliphatic hydroxyl groups is 1. The van der Waals surface area contributed by atoms with Crippen molar-refractivity contribution in [3.8, 4) is 11.5 Å². The van der Waals surface area contributed by atoms with Gasteiger partial charge < -0.3 is 40.2 Å². The highest BCUT2D eigenvalue weighted by atomic mass is 35.5. The number of hydrogen-bond donors (Lipinski definition) is 4. The SMILES string of the molecule is CC1(Cl)C(c2ccccc2)=CC=CC1(COc1cc(OCc2cncc(C(N)=O)c2)c(CN2CCCC[C@H]2C(=O)O)cc1Cl)OCCCN1CCC(CO)(C(=O)O)C1. The molecule has 5 N–H and O–H groups in total. The minimum absolute atomic E-state index is 0.0221. The van der Waals surface area contributed by atoms with Crippen LogP contribution in [0.2, 0.25) is 5.02 Å². The molecule has 310 valence electrons. The largest absolute Gasteiger partial charge is 0.488 e. The number of pyridine rings is 1. The predicted molar refractivity (Wildman–Crippen MR) is 219 cm³/mol. The molecule has 2 saturated heterocycles. The summed E-state index contributed by atoms with van der Waals surface area (Å²) in [5.74, 6) is -1.83. The average Bonchev–Trinajstić information content (AvgIpc) is 3.65. The Balaban J connectivity index is 1.27. The van der Waals surface area contributed by atoms with E-state index in [4.69, 9.17) is 43.1 Å². The van der Waals surface area contributed by atoms with Crippen LogP contribution in [-0.2, 0) is 27.5 Å². The lowest BCUT2D eigenvalue weighted by Crippen LogP contribution is -2.55. The summed E-state index contributed by atoms with van der Waals surface area (Å²) in [5.41, 5.74) is 6.31. The number of halogens is 2. The van der Waals surface area contributed by atoms with Gasteiger partial charge in [0.05, 0.1) is 17.2 Å². The first kappa shape index (κ1) is 43.1. The van der Waals surface area contributed by atoms with Crippen LogP contribution in [0.15, 0.2) is 79.2 Å². The lowest BCUT2D eigenvalue weighted by Gasteiger charge is -2.45. The van der Waals surface area contributed by atoms with E-state index in [-0.39, 0.29) is 49.2 Å². The number of carbonyl (C=O) groups is 3. The van der Waals surface area contributed by atoms with E-state index < -0.39 is 46.4 Å². The van der Waals surface area contributed by atoms with Gasteiger partial charge in [-0.15, -0.1) is 11.6 Å². The van der Waals surface area contributed by atoms with Gasteiger partial charge in [0.1, 0.15) is 46.6 Å². The molecular formula is C43H50Cl2N4O9. The number of carbonyl (C=O) groups excluding carboxylic acids is 1. The smallest absolute Gasteiger partial charge is 0.320 e. The molecule has 1 aliphatic carbocycles. The Labute approximate surface area is 348 Å². The molecule has 3 unspecified atom stereocenters. The van der Waals surface area contributed by atoms with Crippen LogP contribution in [0.25, 0.3) is 5.57 Å². The van der Waals surface area contributed by atoms with Gasteiger partial charge in [0.2, 0.25) is 5.91 Å². The molecule has 3 aliphatic rings. The number of carboxylic acids is 2. The van der Waals surface area contributed by atoms with E-state index in [1.807, 2.05) is 65.3 Å². The van der Waals surface area contributed by atoms with Crippen LogP contribution in [-0.4, -0.2) is 110 Å². The first-order chi connectivity index (χ1) is 27.8. The van der Waals surface area contributed by atoms with Gasteiger partial charge in [0.25, 0.3) is 0 Å². The Morgan fingerprint density at radius 1 is 1.03 bits per heavy atom. The first-order valence-electron chi connectivity index (χ1n) is 19.4. The number of aliphatic hydroxyl groups excluding tert-OH is 1. The maximum Gasteiger partial charge on any atom is 0.320 e. The van der Waals surface area contributed by atoms with Gasteiger partial charge in [-0.3, -0.25) is 24.3 Å². The van der Waals surface area contributed by atoms with E-state index in [0.29, 0.717) is 55.8 Å². The summed E-state index contributed by atoms with van der Waals surface area (Å²) < 4.78 is 19.7. The van der Waals surface area contributed by atoms with Gasteiger partial charge in [0, 0.05) is 55.8 Å². The highest BCUT2D eigenvalue weighted by Gasteiger charge is 2.52. The first-order valence-corrected chi connectivity index (χ1v) is 20.2. The van der Waals surface area contributed by atoms with E-state index in [0.717, 1.165) is 24.0 Å². The summed E-state index contributed by atoms with van der Waals surface area (Å²) >= 11 is 14.5. The second-order valence-electron chi connectivity index (χ2n) is 15.4.